The van der Waals surface area contributed by atoms with Gasteiger partial charge in [0, 0.05) is 6.04 Å². The molecule has 3 heteroatoms. The molecule has 0 saturated heterocycles. The van der Waals surface area contributed by atoms with Crippen molar-refractivity contribution in [2.45, 2.75) is 64.3 Å². The van der Waals surface area contributed by atoms with Gasteiger partial charge in [0.05, 0.1) is 12.7 Å². The number of amides is 1. The molecule has 1 fully saturated rings. The van der Waals surface area contributed by atoms with Crippen LogP contribution in [0.25, 0.3) is 0 Å². The van der Waals surface area contributed by atoms with Crippen LogP contribution in [0.3, 0.4) is 0 Å². The Morgan fingerprint density at radius 2 is 1.86 bits per heavy atom. The quantitative estimate of drug-likeness (QED) is 0.911. The molecule has 1 amide bonds. The van der Waals surface area contributed by atoms with Crippen molar-refractivity contribution in [2.24, 2.45) is 0 Å². The van der Waals surface area contributed by atoms with E-state index in [9.17, 15) is 4.79 Å². The number of hydrogen-bond acceptors (Lipinski definition) is 2. The van der Waals surface area contributed by atoms with Crippen LogP contribution in [0.15, 0.2) is 18.2 Å². The van der Waals surface area contributed by atoms with E-state index in [1.807, 2.05) is 18.2 Å². The Kier molecular flexibility index (Phi) is 4.92. The summed E-state index contributed by atoms with van der Waals surface area (Å²) in [6, 6.07) is 6.22. The van der Waals surface area contributed by atoms with Gasteiger partial charge < -0.3 is 10.1 Å². The van der Waals surface area contributed by atoms with Crippen molar-refractivity contribution in [1.82, 2.24) is 5.32 Å². The summed E-state index contributed by atoms with van der Waals surface area (Å²) in [5, 5.41) is 3.17. The summed E-state index contributed by atoms with van der Waals surface area (Å²) < 4.78 is 5.36. The second-order valence-corrected chi connectivity index (χ2v) is 6.97. The minimum Gasteiger partial charge on any atom is -0.496 e. The molecular formula is C18H27NO2. The molecule has 116 valence electrons. The van der Waals surface area contributed by atoms with Crippen LogP contribution in [0, 0.1) is 0 Å². The third-order valence-electron chi connectivity index (χ3n) is 4.25. The van der Waals surface area contributed by atoms with E-state index in [-0.39, 0.29) is 11.3 Å². The minimum absolute atomic E-state index is 0.00940. The molecule has 0 radical (unpaired) electrons. The molecular weight excluding hydrogens is 262 g/mol. The summed E-state index contributed by atoms with van der Waals surface area (Å²) in [7, 11) is 1.61. The molecule has 0 spiro atoms. The number of methoxy groups -OCH3 is 1. The smallest absolute Gasteiger partial charge is 0.255 e. The first-order valence-corrected chi connectivity index (χ1v) is 7.91. The van der Waals surface area contributed by atoms with Crippen LogP contribution in [0.1, 0.15) is 68.8 Å². The second-order valence-electron chi connectivity index (χ2n) is 6.97. The summed E-state index contributed by atoms with van der Waals surface area (Å²) in [6.45, 7) is 6.45. The highest BCUT2D eigenvalue weighted by Crippen LogP contribution is 2.28. The molecule has 1 N–H and O–H groups in total. The molecule has 1 aromatic rings. The van der Waals surface area contributed by atoms with Gasteiger partial charge in [-0.05, 0) is 36.0 Å². The third kappa shape index (κ3) is 3.99. The van der Waals surface area contributed by atoms with Gasteiger partial charge in [-0.2, -0.15) is 0 Å². The van der Waals surface area contributed by atoms with Crippen molar-refractivity contribution in [2.75, 3.05) is 7.11 Å². The molecule has 0 aliphatic heterocycles. The van der Waals surface area contributed by atoms with Gasteiger partial charge in [-0.25, -0.2) is 0 Å². The molecule has 3 nitrogen and oxygen atoms in total. The monoisotopic (exact) mass is 289 g/mol. The van der Waals surface area contributed by atoms with Gasteiger partial charge in [-0.3, -0.25) is 4.79 Å². The first-order chi connectivity index (χ1) is 9.91. The largest absolute Gasteiger partial charge is 0.496 e. The molecule has 0 unspecified atom stereocenters. The second kappa shape index (κ2) is 6.50. The van der Waals surface area contributed by atoms with Crippen LogP contribution < -0.4 is 10.1 Å². The van der Waals surface area contributed by atoms with Crippen molar-refractivity contribution in [3.8, 4) is 5.75 Å². The fourth-order valence-electron chi connectivity index (χ4n) is 2.86. The van der Waals surface area contributed by atoms with Crippen molar-refractivity contribution < 1.29 is 9.53 Å². The van der Waals surface area contributed by atoms with Crippen LogP contribution in [0.4, 0.5) is 0 Å². The number of nitrogens with one attached hydrogen (secondary N) is 1. The normalized spacial score (nSPS) is 16.6. The summed E-state index contributed by atoms with van der Waals surface area (Å²) in [5.41, 5.74) is 1.82. The summed E-state index contributed by atoms with van der Waals surface area (Å²) in [6.07, 6.45) is 5.89. The van der Waals surface area contributed by atoms with E-state index in [1.165, 1.54) is 19.3 Å². The molecule has 1 saturated carbocycles. The lowest BCUT2D eigenvalue weighted by Crippen LogP contribution is -2.36. The van der Waals surface area contributed by atoms with Crippen LogP contribution in [-0.4, -0.2) is 19.1 Å². The van der Waals surface area contributed by atoms with E-state index < -0.39 is 0 Å². The zero-order chi connectivity index (χ0) is 15.5. The lowest BCUT2D eigenvalue weighted by molar-refractivity contribution is 0.0924. The number of rotatable bonds is 3. The average Bonchev–Trinajstić information content (AvgIpc) is 2.46. The van der Waals surface area contributed by atoms with E-state index in [4.69, 9.17) is 4.74 Å². The molecule has 21 heavy (non-hydrogen) atoms. The molecule has 1 aliphatic carbocycles. The highest BCUT2D eigenvalue weighted by atomic mass is 16.5. The van der Waals surface area contributed by atoms with E-state index in [2.05, 4.69) is 26.1 Å². The van der Waals surface area contributed by atoms with Crippen molar-refractivity contribution in [1.29, 1.82) is 0 Å². The Morgan fingerprint density at radius 1 is 1.19 bits per heavy atom. The maximum Gasteiger partial charge on any atom is 0.255 e. The summed E-state index contributed by atoms with van der Waals surface area (Å²) >= 11 is 0. The van der Waals surface area contributed by atoms with E-state index in [1.54, 1.807) is 7.11 Å². The van der Waals surface area contributed by atoms with E-state index in [0.717, 1.165) is 18.4 Å². The number of benzene rings is 1. The van der Waals surface area contributed by atoms with Crippen molar-refractivity contribution >= 4 is 5.91 Å². The maximum atomic E-state index is 12.6. The average molecular weight is 289 g/mol. The van der Waals surface area contributed by atoms with Gasteiger partial charge in [0.15, 0.2) is 0 Å². The van der Waals surface area contributed by atoms with Crippen molar-refractivity contribution in [3.63, 3.8) is 0 Å². The van der Waals surface area contributed by atoms with E-state index in [0.29, 0.717) is 17.4 Å². The molecule has 1 aliphatic rings. The highest BCUT2D eigenvalue weighted by molar-refractivity contribution is 5.97. The van der Waals surface area contributed by atoms with Crippen LogP contribution >= 0.6 is 0 Å². The molecule has 0 bridgehead atoms. The van der Waals surface area contributed by atoms with Gasteiger partial charge in [0.1, 0.15) is 5.75 Å². The Morgan fingerprint density at radius 3 is 2.43 bits per heavy atom. The Hall–Kier alpha value is -1.51. The number of hydrogen-bond donors (Lipinski definition) is 1. The third-order valence-corrected chi connectivity index (χ3v) is 4.25. The zero-order valence-electron chi connectivity index (χ0n) is 13.7. The molecule has 0 aromatic heterocycles. The summed E-state index contributed by atoms with van der Waals surface area (Å²) in [4.78, 5) is 12.6. The van der Waals surface area contributed by atoms with Crippen LogP contribution in [0.2, 0.25) is 0 Å². The lowest BCUT2D eigenvalue weighted by Gasteiger charge is -2.24. The van der Waals surface area contributed by atoms with Gasteiger partial charge in [-0.15, -0.1) is 0 Å². The molecule has 2 rings (SSSR count). The Labute approximate surface area is 128 Å². The standard InChI is InChI=1S/C18H27NO2/c1-18(2,3)13-10-11-16(21-4)15(12-13)17(20)19-14-8-6-5-7-9-14/h10-12,14H,5-9H2,1-4H3,(H,19,20). The van der Waals surface area contributed by atoms with Gasteiger partial charge in [0.25, 0.3) is 5.91 Å². The fourth-order valence-corrected chi connectivity index (χ4v) is 2.86. The Balaban J connectivity index is 2.21. The van der Waals surface area contributed by atoms with Crippen molar-refractivity contribution in [3.05, 3.63) is 29.3 Å². The number of carbonyl (C=O) groups is 1. The maximum absolute atomic E-state index is 12.6. The molecule has 0 atom stereocenters. The first-order valence-electron chi connectivity index (χ1n) is 7.91. The highest BCUT2D eigenvalue weighted by Gasteiger charge is 2.22. The topological polar surface area (TPSA) is 38.3 Å². The van der Waals surface area contributed by atoms with Gasteiger partial charge in [-0.1, -0.05) is 46.1 Å². The molecule has 1 aromatic carbocycles. The number of ether oxygens (including phenoxy) is 1. The van der Waals surface area contributed by atoms with Gasteiger partial charge >= 0.3 is 0 Å². The number of carbonyl (C=O) groups excluding carboxylic acids is 1. The van der Waals surface area contributed by atoms with E-state index >= 15 is 0 Å². The van der Waals surface area contributed by atoms with Gasteiger partial charge in [0.2, 0.25) is 0 Å². The Bertz CT molecular complexity index is 496. The summed E-state index contributed by atoms with van der Waals surface area (Å²) in [5.74, 6) is 0.640. The lowest BCUT2D eigenvalue weighted by atomic mass is 9.86. The minimum atomic E-state index is -0.00940. The predicted molar refractivity (Wildman–Crippen MR) is 86.0 cm³/mol. The first kappa shape index (κ1) is 15.9. The zero-order valence-corrected chi connectivity index (χ0v) is 13.7. The SMILES string of the molecule is COc1ccc(C(C)(C)C)cc1C(=O)NC1CCCCC1. The van der Waals surface area contributed by atoms with Crippen LogP contribution in [-0.2, 0) is 5.41 Å². The van der Waals surface area contributed by atoms with Crippen LogP contribution in [0.5, 0.6) is 5.75 Å². The fraction of sp³-hybridized carbons (Fsp3) is 0.611. The molecule has 0 heterocycles. The predicted octanol–water partition coefficient (Wildman–Crippen LogP) is 4.06.